The second-order valence-corrected chi connectivity index (χ2v) is 4.91. The average molecular weight is 250 g/mol. The third-order valence-corrected chi connectivity index (χ3v) is 3.81. The Morgan fingerprint density at radius 2 is 2.28 bits per heavy atom. The highest BCUT2D eigenvalue weighted by molar-refractivity contribution is 5.94. The standard InChI is InChI=1S/C14H19FN2O/c1-17(12-6-3-5-11(15)8-12)14(18)13-7-2-4-10(13)9-16/h3,5-6,8,10,13H,2,4,7,9,16H2,1H3. The molecule has 2 unspecified atom stereocenters. The van der Waals surface area contributed by atoms with Crippen molar-refractivity contribution in [1.82, 2.24) is 0 Å². The first-order chi connectivity index (χ1) is 8.63. The van der Waals surface area contributed by atoms with E-state index in [0.717, 1.165) is 19.3 Å². The van der Waals surface area contributed by atoms with Crippen LogP contribution in [0.2, 0.25) is 0 Å². The molecule has 1 amide bonds. The fraction of sp³-hybridized carbons (Fsp3) is 0.500. The van der Waals surface area contributed by atoms with E-state index in [0.29, 0.717) is 12.2 Å². The van der Waals surface area contributed by atoms with Gasteiger partial charge in [0.15, 0.2) is 0 Å². The number of hydrogen-bond donors (Lipinski definition) is 1. The average Bonchev–Trinajstić information content (AvgIpc) is 2.85. The number of carbonyl (C=O) groups excluding carboxylic acids is 1. The summed E-state index contributed by atoms with van der Waals surface area (Å²) in [6, 6.07) is 6.11. The van der Waals surface area contributed by atoms with Gasteiger partial charge in [0.25, 0.3) is 0 Å². The largest absolute Gasteiger partial charge is 0.330 e. The van der Waals surface area contributed by atoms with Crippen molar-refractivity contribution in [3.63, 3.8) is 0 Å². The highest BCUT2D eigenvalue weighted by Crippen LogP contribution is 2.33. The summed E-state index contributed by atoms with van der Waals surface area (Å²) < 4.78 is 13.2. The van der Waals surface area contributed by atoms with Crippen molar-refractivity contribution in [1.29, 1.82) is 0 Å². The summed E-state index contributed by atoms with van der Waals surface area (Å²) in [6.45, 7) is 0.549. The van der Waals surface area contributed by atoms with Gasteiger partial charge in [-0.3, -0.25) is 4.79 Å². The predicted octanol–water partition coefficient (Wildman–Crippen LogP) is 2.16. The zero-order chi connectivity index (χ0) is 13.1. The number of halogens is 1. The number of rotatable bonds is 3. The molecule has 1 fully saturated rings. The van der Waals surface area contributed by atoms with Gasteiger partial charge in [0.1, 0.15) is 5.82 Å². The van der Waals surface area contributed by atoms with Gasteiger partial charge in [-0.2, -0.15) is 0 Å². The van der Waals surface area contributed by atoms with Crippen LogP contribution in [0.3, 0.4) is 0 Å². The Bertz CT molecular complexity index is 436. The zero-order valence-corrected chi connectivity index (χ0v) is 10.6. The summed E-state index contributed by atoms with van der Waals surface area (Å²) in [7, 11) is 1.70. The van der Waals surface area contributed by atoms with E-state index in [1.165, 1.54) is 12.1 Å². The van der Waals surface area contributed by atoms with E-state index in [4.69, 9.17) is 5.73 Å². The molecule has 1 aromatic rings. The molecule has 0 spiro atoms. The van der Waals surface area contributed by atoms with Crippen LogP contribution >= 0.6 is 0 Å². The van der Waals surface area contributed by atoms with E-state index in [9.17, 15) is 9.18 Å². The van der Waals surface area contributed by atoms with Crippen molar-refractivity contribution in [3.8, 4) is 0 Å². The fourth-order valence-electron chi connectivity index (χ4n) is 2.70. The smallest absolute Gasteiger partial charge is 0.230 e. The lowest BCUT2D eigenvalue weighted by Crippen LogP contribution is -2.36. The lowest BCUT2D eigenvalue weighted by molar-refractivity contribution is -0.123. The van der Waals surface area contributed by atoms with E-state index in [-0.39, 0.29) is 23.6 Å². The molecular weight excluding hydrogens is 231 g/mol. The van der Waals surface area contributed by atoms with E-state index >= 15 is 0 Å². The molecule has 1 aliphatic rings. The van der Waals surface area contributed by atoms with Crippen LogP contribution in [0.5, 0.6) is 0 Å². The van der Waals surface area contributed by atoms with Crippen LogP contribution in [-0.2, 0) is 4.79 Å². The minimum Gasteiger partial charge on any atom is -0.330 e. The molecule has 2 N–H and O–H groups in total. The molecule has 1 saturated carbocycles. The molecule has 0 bridgehead atoms. The first-order valence-electron chi connectivity index (χ1n) is 6.36. The van der Waals surface area contributed by atoms with Crippen molar-refractivity contribution >= 4 is 11.6 Å². The van der Waals surface area contributed by atoms with Crippen LogP contribution in [0.15, 0.2) is 24.3 Å². The Kier molecular flexibility index (Phi) is 3.97. The Labute approximate surface area is 107 Å². The molecule has 2 atom stereocenters. The lowest BCUT2D eigenvalue weighted by Gasteiger charge is -2.24. The maximum Gasteiger partial charge on any atom is 0.230 e. The molecule has 1 aliphatic carbocycles. The Hall–Kier alpha value is -1.42. The summed E-state index contributed by atoms with van der Waals surface area (Å²) in [5.74, 6) is -0.0146. The summed E-state index contributed by atoms with van der Waals surface area (Å²) in [5.41, 5.74) is 6.29. The quantitative estimate of drug-likeness (QED) is 0.893. The maximum atomic E-state index is 13.2. The zero-order valence-electron chi connectivity index (χ0n) is 10.6. The highest BCUT2D eigenvalue weighted by atomic mass is 19.1. The Balaban J connectivity index is 2.13. The molecule has 0 radical (unpaired) electrons. The van der Waals surface area contributed by atoms with Gasteiger partial charge in [-0.1, -0.05) is 12.5 Å². The second kappa shape index (κ2) is 5.48. The molecule has 98 valence electrons. The number of nitrogens with zero attached hydrogens (tertiary/aromatic N) is 1. The molecule has 3 nitrogen and oxygen atoms in total. The number of anilines is 1. The van der Waals surface area contributed by atoms with Crippen molar-refractivity contribution in [2.24, 2.45) is 17.6 Å². The number of nitrogens with two attached hydrogens (primary N) is 1. The monoisotopic (exact) mass is 250 g/mol. The highest BCUT2D eigenvalue weighted by Gasteiger charge is 2.34. The van der Waals surface area contributed by atoms with E-state index in [1.54, 1.807) is 24.1 Å². The van der Waals surface area contributed by atoms with Crippen LogP contribution in [0, 0.1) is 17.7 Å². The summed E-state index contributed by atoms with van der Waals surface area (Å²) in [6.07, 6.45) is 2.96. The van der Waals surface area contributed by atoms with Crippen molar-refractivity contribution in [3.05, 3.63) is 30.1 Å². The number of hydrogen-bond acceptors (Lipinski definition) is 2. The SMILES string of the molecule is CN(C(=O)C1CCCC1CN)c1cccc(F)c1. The van der Waals surface area contributed by atoms with Crippen LogP contribution in [0.25, 0.3) is 0 Å². The summed E-state index contributed by atoms with van der Waals surface area (Å²) in [5, 5.41) is 0. The van der Waals surface area contributed by atoms with Crippen molar-refractivity contribution < 1.29 is 9.18 Å². The molecule has 4 heteroatoms. The third kappa shape index (κ3) is 2.53. The van der Waals surface area contributed by atoms with Crippen LogP contribution in [0.4, 0.5) is 10.1 Å². The predicted molar refractivity (Wildman–Crippen MR) is 69.7 cm³/mol. The van der Waals surface area contributed by atoms with Gasteiger partial charge >= 0.3 is 0 Å². The third-order valence-electron chi connectivity index (χ3n) is 3.81. The van der Waals surface area contributed by atoms with Crippen molar-refractivity contribution in [2.75, 3.05) is 18.5 Å². The topological polar surface area (TPSA) is 46.3 Å². The first-order valence-corrected chi connectivity index (χ1v) is 6.36. The maximum absolute atomic E-state index is 13.2. The number of amides is 1. The van der Waals surface area contributed by atoms with E-state index < -0.39 is 0 Å². The molecule has 0 aromatic heterocycles. The molecule has 0 heterocycles. The minimum atomic E-state index is -0.325. The Morgan fingerprint density at radius 1 is 1.50 bits per heavy atom. The fourth-order valence-corrected chi connectivity index (χ4v) is 2.70. The van der Waals surface area contributed by atoms with Gasteiger partial charge in [0, 0.05) is 18.7 Å². The van der Waals surface area contributed by atoms with Crippen molar-refractivity contribution in [2.45, 2.75) is 19.3 Å². The van der Waals surface area contributed by atoms with E-state index in [1.807, 2.05) is 0 Å². The number of benzene rings is 1. The number of carbonyl (C=O) groups is 1. The van der Waals surface area contributed by atoms with Crippen LogP contribution < -0.4 is 10.6 Å². The normalized spacial score (nSPS) is 23.1. The molecule has 2 rings (SSSR count). The van der Waals surface area contributed by atoms with Gasteiger partial charge in [-0.15, -0.1) is 0 Å². The van der Waals surface area contributed by atoms with Gasteiger partial charge in [-0.05, 0) is 43.5 Å². The van der Waals surface area contributed by atoms with Gasteiger partial charge in [0.2, 0.25) is 5.91 Å². The molecular formula is C14H19FN2O. The van der Waals surface area contributed by atoms with Gasteiger partial charge < -0.3 is 10.6 Å². The van der Waals surface area contributed by atoms with Gasteiger partial charge in [0.05, 0.1) is 0 Å². The lowest BCUT2D eigenvalue weighted by atomic mass is 9.94. The Morgan fingerprint density at radius 3 is 2.94 bits per heavy atom. The van der Waals surface area contributed by atoms with E-state index in [2.05, 4.69) is 0 Å². The summed E-state index contributed by atoms with van der Waals surface area (Å²) >= 11 is 0. The minimum absolute atomic E-state index is 0.0109. The molecule has 0 aliphatic heterocycles. The molecule has 0 saturated heterocycles. The van der Waals surface area contributed by atoms with Crippen LogP contribution in [-0.4, -0.2) is 19.5 Å². The first kappa shape index (κ1) is 13.0. The molecule has 18 heavy (non-hydrogen) atoms. The van der Waals surface area contributed by atoms with Gasteiger partial charge in [-0.25, -0.2) is 4.39 Å². The van der Waals surface area contributed by atoms with Crippen LogP contribution in [0.1, 0.15) is 19.3 Å². The second-order valence-electron chi connectivity index (χ2n) is 4.91. The summed E-state index contributed by atoms with van der Waals surface area (Å²) in [4.78, 5) is 13.9. The molecule has 1 aromatic carbocycles.